The fraction of sp³-hybridized carbons (Fsp3) is 0.429. The Morgan fingerprint density at radius 2 is 2.09 bits per heavy atom. The first-order valence-electron chi connectivity index (χ1n) is 3.10. The molecule has 1 rings (SSSR count). The van der Waals surface area contributed by atoms with Gasteiger partial charge < -0.3 is 0 Å². The largest absolute Gasteiger partial charge is 0.395 e. The maximum atomic E-state index is 12.0. The van der Waals surface area contributed by atoms with E-state index in [0.29, 0.717) is 5.56 Å². The van der Waals surface area contributed by atoms with Crippen LogP contribution in [-0.2, 0) is 0 Å². The molecule has 0 radical (unpaired) electrons. The Hall–Kier alpha value is -0.510. The SMILES string of the molecule is CC(c1ccsc1)C(F)(F)F. The number of thiophene rings is 1. The van der Waals surface area contributed by atoms with Gasteiger partial charge in [-0.3, -0.25) is 0 Å². The Kier molecular flexibility index (Phi) is 2.23. The van der Waals surface area contributed by atoms with E-state index in [1.165, 1.54) is 29.7 Å². The normalized spacial score (nSPS) is 14.9. The topological polar surface area (TPSA) is 0 Å². The highest BCUT2D eigenvalue weighted by Crippen LogP contribution is 2.34. The highest BCUT2D eigenvalue weighted by molar-refractivity contribution is 7.07. The fourth-order valence-electron chi connectivity index (χ4n) is 0.710. The monoisotopic (exact) mass is 180 g/mol. The summed E-state index contributed by atoms with van der Waals surface area (Å²) in [4.78, 5) is 0. The first kappa shape index (κ1) is 8.59. The van der Waals surface area contributed by atoms with E-state index in [9.17, 15) is 13.2 Å². The van der Waals surface area contributed by atoms with Gasteiger partial charge in [-0.05, 0) is 29.3 Å². The Bertz CT molecular complexity index is 212. The van der Waals surface area contributed by atoms with Gasteiger partial charge in [0.25, 0.3) is 0 Å². The lowest BCUT2D eigenvalue weighted by Crippen LogP contribution is -2.16. The van der Waals surface area contributed by atoms with Crippen molar-refractivity contribution < 1.29 is 13.2 Å². The van der Waals surface area contributed by atoms with Crippen molar-refractivity contribution in [2.45, 2.75) is 19.0 Å². The predicted octanol–water partition coefficient (Wildman–Crippen LogP) is 3.41. The van der Waals surface area contributed by atoms with Crippen molar-refractivity contribution in [1.82, 2.24) is 0 Å². The van der Waals surface area contributed by atoms with Crippen molar-refractivity contribution in [1.29, 1.82) is 0 Å². The summed E-state index contributed by atoms with van der Waals surface area (Å²) in [5.74, 6) is -1.34. The molecular weight excluding hydrogens is 173 g/mol. The molecule has 0 aromatic carbocycles. The lowest BCUT2D eigenvalue weighted by atomic mass is 10.1. The lowest BCUT2D eigenvalue weighted by Gasteiger charge is -2.13. The third kappa shape index (κ3) is 1.96. The Balaban J connectivity index is 2.78. The summed E-state index contributed by atoms with van der Waals surface area (Å²) >= 11 is 1.28. The molecule has 0 N–H and O–H groups in total. The van der Waals surface area contributed by atoms with Crippen LogP contribution in [0.5, 0.6) is 0 Å². The van der Waals surface area contributed by atoms with Crippen LogP contribution in [0.2, 0.25) is 0 Å². The van der Waals surface area contributed by atoms with Gasteiger partial charge in [0.2, 0.25) is 0 Å². The quantitative estimate of drug-likeness (QED) is 0.621. The van der Waals surface area contributed by atoms with Crippen LogP contribution in [0.25, 0.3) is 0 Å². The van der Waals surface area contributed by atoms with Gasteiger partial charge in [-0.15, -0.1) is 0 Å². The molecule has 0 aliphatic rings. The number of hydrogen-bond donors (Lipinski definition) is 0. The first-order chi connectivity index (χ1) is 5.02. The number of alkyl halides is 3. The van der Waals surface area contributed by atoms with Crippen LogP contribution in [0.15, 0.2) is 16.8 Å². The van der Waals surface area contributed by atoms with Gasteiger partial charge in [-0.2, -0.15) is 24.5 Å². The maximum Gasteiger partial charge on any atom is 0.395 e. The second-order valence-electron chi connectivity index (χ2n) is 2.32. The smallest absolute Gasteiger partial charge is 0.170 e. The number of halogens is 3. The Morgan fingerprint density at radius 3 is 2.45 bits per heavy atom. The third-order valence-corrected chi connectivity index (χ3v) is 2.24. The van der Waals surface area contributed by atoms with Crippen LogP contribution >= 0.6 is 11.3 Å². The summed E-state index contributed by atoms with van der Waals surface area (Å²) in [6.45, 7) is 1.17. The van der Waals surface area contributed by atoms with Crippen LogP contribution in [0.4, 0.5) is 13.2 Å². The second kappa shape index (κ2) is 2.85. The van der Waals surface area contributed by atoms with E-state index in [2.05, 4.69) is 0 Å². The molecule has 0 nitrogen and oxygen atoms in total. The summed E-state index contributed by atoms with van der Waals surface area (Å²) in [7, 11) is 0. The lowest BCUT2D eigenvalue weighted by molar-refractivity contribution is -0.146. The van der Waals surface area contributed by atoms with Crippen LogP contribution in [0.3, 0.4) is 0 Å². The van der Waals surface area contributed by atoms with Gasteiger partial charge in [-0.25, -0.2) is 0 Å². The van der Waals surface area contributed by atoms with Gasteiger partial charge in [0, 0.05) is 0 Å². The van der Waals surface area contributed by atoms with E-state index in [1.54, 1.807) is 5.38 Å². The molecule has 1 heterocycles. The van der Waals surface area contributed by atoms with Crippen LogP contribution in [-0.4, -0.2) is 6.18 Å². The standard InChI is InChI=1S/C7H7F3S/c1-5(7(8,9)10)6-2-3-11-4-6/h2-5H,1H3. The molecule has 0 bridgehead atoms. The van der Waals surface area contributed by atoms with Gasteiger partial charge in [0.15, 0.2) is 0 Å². The molecule has 0 fully saturated rings. The molecule has 0 saturated heterocycles. The molecule has 0 aliphatic heterocycles. The third-order valence-electron chi connectivity index (χ3n) is 1.53. The van der Waals surface area contributed by atoms with E-state index in [1.807, 2.05) is 0 Å². The van der Waals surface area contributed by atoms with Crippen molar-refractivity contribution in [2.24, 2.45) is 0 Å². The minimum absolute atomic E-state index is 0.350. The van der Waals surface area contributed by atoms with Gasteiger partial charge >= 0.3 is 6.18 Å². The van der Waals surface area contributed by atoms with Crippen LogP contribution in [0, 0.1) is 0 Å². The predicted molar refractivity (Wildman–Crippen MR) is 38.8 cm³/mol. The highest BCUT2D eigenvalue weighted by Gasteiger charge is 2.36. The molecule has 0 amide bonds. The summed E-state index contributed by atoms with van der Waals surface area (Å²) < 4.78 is 36.1. The molecule has 1 unspecified atom stereocenters. The molecule has 1 aromatic rings. The maximum absolute atomic E-state index is 12.0. The zero-order chi connectivity index (χ0) is 8.48. The van der Waals surface area contributed by atoms with E-state index in [4.69, 9.17) is 0 Å². The Labute approximate surface area is 66.7 Å². The van der Waals surface area contributed by atoms with Crippen molar-refractivity contribution in [2.75, 3.05) is 0 Å². The van der Waals surface area contributed by atoms with Gasteiger partial charge in [0.05, 0.1) is 5.92 Å². The molecule has 62 valence electrons. The molecule has 11 heavy (non-hydrogen) atoms. The van der Waals surface area contributed by atoms with Gasteiger partial charge in [0.1, 0.15) is 0 Å². The summed E-state index contributed by atoms with van der Waals surface area (Å²) in [6, 6.07) is 1.50. The van der Waals surface area contributed by atoms with E-state index < -0.39 is 12.1 Å². The first-order valence-corrected chi connectivity index (χ1v) is 4.05. The van der Waals surface area contributed by atoms with Crippen molar-refractivity contribution in [3.05, 3.63) is 22.4 Å². The summed E-state index contributed by atoms with van der Waals surface area (Å²) in [6.07, 6.45) is -4.11. The Morgan fingerprint density at radius 1 is 1.45 bits per heavy atom. The zero-order valence-corrected chi connectivity index (χ0v) is 6.67. The van der Waals surface area contributed by atoms with Crippen molar-refractivity contribution in [3.63, 3.8) is 0 Å². The summed E-state index contributed by atoms with van der Waals surface area (Å²) in [5, 5.41) is 3.18. The fourth-order valence-corrected chi connectivity index (χ4v) is 1.46. The minimum Gasteiger partial charge on any atom is -0.170 e. The van der Waals surface area contributed by atoms with E-state index in [-0.39, 0.29) is 0 Å². The average molecular weight is 180 g/mol. The van der Waals surface area contributed by atoms with E-state index >= 15 is 0 Å². The van der Waals surface area contributed by atoms with Gasteiger partial charge in [-0.1, -0.05) is 0 Å². The number of hydrogen-bond acceptors (Lipinski definition) is 1. The number of rotatable bonds is 1. The zero-order valence-electron chi connectivity index (χ0n) is 5.85. The molecule has 1 aromatic heterocycles. The minimum atomic E-state index is -4.11. The molecule has 0 aliphatic carbocycles. The molecule has 1 atom stereocenters. The average Bonchev–Trinajstić information content (AvgIpc) is 2.34. The highest BCUT2D eigenvalue weighted by atomic mass is 32.1. The second-order valence-corrected chi connectivity index (χ2v) is 3.10. The van der Waals surface area contributed by atoms with Crippen LogP contribution in [0.1, 0.15) is 18.4 Å². The molecule has 4 heteroatoms. The summed E-state index contributed by atoms with van der Waals surface area (Å²) in [5.41, 5.74) is 0.350. The molecule has 0 spiro atoms. The van der Waals surface area contributed by atoms with Crippen LogP contribution < -0.4 is 0 Å². The van der Waals surface area contributed by atoms with Crippen molar-refractivity contribution in [3.8, 4) is 0 Å². The van der Waals surface area contributed by atoms with Crippen molar-refractivity contribution >= 4 is 11.3 Å². The van der Waals surface area contributed by atoms with E-state index in [0.717, 1.165) is 0 Å². The molecular formula is C7H7F3S. The molecule has 0 saturated carbocycles.